The van der Waals surface area contributed by atoms with Crippen LogP contribution in [0.3, 0.4) is 0 Å². The van der Waals surface area contributed by atoms with Gasteiger partial charge >= 0.3 is 0 Å². The summed E-state index contributed by atoms with van der Waals surface area (Å²) in [7, 11) is 3.84. The number of carbonyl (C=O) groups excluding carboxylic acids is 2. The molecule has 0 saturated heterocycles. The van der Waals surface area contributed by atoms with E-state index in [4.69, 9.17) is 0 Å². The number of Topliss-reactive ketones (excluding diaryl/α,β-unsaturated/α-hetero) is 2. The van der Waals surface area contributed by atoms with Gasteiger partial charge in [0.2, 0.25) is 11.6 Å². The number of carbonyl (C=O) groups is 2. The van der Waals surface area contributed by atoms with Gasteiger partial charge in [-0.1, -0.05) is 47.3 Å². The Bertz CT molecular complexity index is 643. The molecule has 2 aromatic carbocycles. The maximum atomic E-state index is 12.1. The zero-order valence-electron chi connectivity index (χ0n) is 10.3. The molecule has 0 unspecified atom stereocenters. The summed E-state index contributed by atoms with van der Waals surface area (Å²) < 4.78 is 0. The zero-order chi connectivity index (χ0) is 12.9. The van der Waals surface area contributed by atoms with Crippen molar-refractivity contribution in [3.63, 3.8) is 0 Å². The maximum absolute atomic E-state index is 12.1. The van der Waals surface area contributed by atoms with Gasteiger partial charge in [0.05, 0.1) is 0 Å². The third-order valence-electron chi connectivity index (χ3n) is 3.34. The van der Waals surface area contributed by atoms with Crippen molar-refractivity contribution in [3.05, 3.63) is 47.5 Å². The van der Waals surface area contributed by atoms with Gasteiger partial charge in [0.15, 0.2) is 0 Å². The van der Waals surface area contributed by atoms with Crippen LogP contribution in [0.15, 0.2) is 36.4 Å². The molecule has 0 aromatic heterocycles. The second-order valence-electron chi connectivity index (χ2n) is 4.76. The molecule has 0 atom stereocenters. The lowest BCUT2D eigenvalue weighted by atomic mass is 9.79. The van der Waals surface area contributed by atoms with E-state index in [1.54, 1.807) is 12.1 Å². The number of hydrogen-bond donors (Lipinski definition) is 0. The van der Waals surface area contributed by atoms with Crippen LogP contribution in [-0.4, -0.2) is 27.3 Å². The van der Waals surface area contributed by atoms with E-state index in [0.29, 0.717) is 11.1 Å². The molecule has 0 fully saturated rings. The van der Waals surface area contributed by atoms with Gasteiger partial charge in [0, 0.05) is 11.1 Å². The minimum Gasteiger partial charge on any atom is -0.285 e. The third kappa shape index (κ3) is 1.46. The van der Waals surface area contributed by atoms with Crippen molar-refractivity contribution in [1.29, 1.82) is 0 Å². The Labute approximate surface area is 107 Å². The van der Waals surface area contributed by atoms with E-state index in [1.165, 1.54) is 0 Å². The van der Waals surface area contributed by atoms with E-state index in [0.717, 1.165) is 22.1 Å². The van der Waals surface area contributed by atoms with Gasteiger partial charge in [0.1, 0.15) is 15.7 Å². The first kappa shape index (κ1) is 11.0. The average Bonchev–Trinajstić information content (AvgIpc) is 2.36. The molecule has 0 spiro atoms. The molecule has 0 amide bonds. The summed E-state index contributed by atoms with van der Waals surface area (Å²) in [6, 6.07) is 11.3. The molecule has 1 aliphatic rings. The first-order valence-electron chi connectivity index (χ1n) is 5.88. The Morgan fingerprint density at radius 1 is 0.611 bits per heavy atom. The summed E-state index contributed by atoms with van der Waals surface area (Å²) in [5.74, 6) is -0.793. The fraction of sp³-hybridized carbons (Fsp3) is 0. The molecule has 0 N–H and O–H groups in total. The van der Waals surface area contributed by atoms with Crippen molar-refractivity contribution >= 4 is 38.2 Å². The molecular weight excluding hydrogens is 222 g/mol. The molecule has 84 valence electrons. The average molecular weight is 232 g/mol. The minimum atomic E-state index is -0.396. The maximum Gasteiger partial charge on any atom is 0.234 e. The van der Waals surface area contributed by atoms with E-state index in [-0.39, 0.29) is 0 Å². The number of fused-ring (bicyclic) bond motifs is 3. The van der Waals surface area contributed by atoms with E-state index in [1.807, 2.05) is 40.0 Å². The molecule has 4 heteroatoms. The van der Waals surface area contributed by atoms with Crippen molar-refractivity contribution in [2.45, 2.75) is 0 Å². The minimum absolute atomic E-state index is 0.396. The molecule has 1 aliphatic carbocycles. The van der Waals surface area contributed by atoms with Crippen LogP contribution in [-0.2, 0) is 0 Å². The summed E-state index contributed by atoms with van der Waals surface area (Å²) in [4.78, 5) is 24.2. The second kappa shape index (κ2) is 3.70. The lowest BCUT2D eigenvalue weighted by Gasteiger charge is -2.18. The predicted molar refractivity (Wildman–Crippen MR) is 76.9 cm³/mol. The Hall–Kier alpha value is -2.09. The van der Waals surface area contributed by atoms with Crippen molar-refractivity contribution in [2.75, 3.05) is 0 Å². The molecule has 3 rings (SSSR count). The van der Waals surface area contributed by atoms with E-state index >= 15 is 0 Å². The van der Waals surface area contributed by atoms with Gasteiger partial charge in [0.25, 0.3) is 0 Å². The standard InChI is InChI=1S/C14H10B2O2/c15-7-1-3-9-10-4-2-8(16)6-12(10)14(18)13(17)11(9)5-7/h1-6H,15-16H2. The molecule has 0 aliphatic heterocycles. The second-order valence-corrected chi connectivity index (χ2v) is 4.76. The first-order chi connectivity index (χ1) is 8.58. The molecule has 0 bridgehead atoms. The number of hydrogen-bond acceptors (Lipinski definition) is 2. The van der Waals surface area contributed by atoms with Gasteiger partial charge in [-0.2, -0.15) is 0 Å². The number of rotatable bonds is 0. The number of ketones is 2. The van der Waals surface area contributed by atoms with Crippen molar-refractivity contribution in [1.82, 2.24) is 0 Å². The van der Waals surface area contributed by atoms with Crippen LogP contribution in [0.5, 0.6) is 0 Å². The fourth-order valence-electron chi connectivity index (χ4n) is 2.41. The summed E-state index contributed by atoms with van der Waals surface area (Å²) in [5.41, 5.74) is 4.75. The molecule has 0 saturated carbocycles. The fourth-order valence-corrected chi connectivity index (χ4v) is 2.41. The normalized spacial score (nSPS) is 13.1. The molecule has 0 heterocycles. The summed E-state index contributed by atoms with van der Waals surface area (Å²) in [6.45, 7) is 0. The highest BCUT2D eigenvalue weighted by molar-refractivity contribution is 6.54. The van der Waals surface area contributed by atoms with E-state index in [2.05, 4.69) is 0 Å². The van der Waals surface area contributed by atoms with Crippen LogP contribution in [0.1, 0.15) is 20.7 Å². The quantitative estimate of drug-likeness (QED) is 0.442. The van der Waals surface area contributed by atoms with E-state index in [9.17, 15) is 9.59 Å². The summed E-state index contributed by atoms with van der Waals surface area (Å²) in [5, 5.41) is 0. The lowest BCUT2D eigenvalue weighted by Crippen LogP contribution is -2.24. The molecule has 18 heavy (non-hydrogen) atoms. The molecule has 2 nitrogen and oxygen atoms in total. The Morgan fingerprint density at radius 3 is 1.39 bits per heavy atom. The van der Waals surface area contributed by atoms with Crippen molar-refractivity contribution in [2.24, 2.45) is 0 Å². The molecule has 2 aromatic rings. The first-order valence-corrected chi connectivity index (χ1v) is 5.88. The lowest BCUT2D eigenvalue weighted by molar-refractivity contribution is 0.0815. The predicted octanol–water partition coefficient (Wildman–Crippen LogP) is -0.751. The molecular formula is C14H10B2O2. The van der Waals surface area contributed by atoms with Gasteiger partial charge < -0.3 is 0 Å². The van der Waals surface area contributed by atoms with Gasteiger partial charge in [-0.05, 0) is 11.1 Å². The van der Waals surface area contributed by atoms with Crippen LogP contribution in [0.2, 0.25) is 0 Å². The Morgan fingerprint density at radius 2 is 1.00 bits per heavy atom. The van der Waals surface area contributed by atoms with Crippen molar-refractivity contribution < 1.29 is 9.59 Å². The van der Waals surface area contributed by atoms with Crippen molar-refractivity contribution in [3.8, 4) is 11.1 Å². The van der Waals surface area contributed by atoms with Gasteiger partial charge in [-0.15, -0.1) is 0 Å². The largest absolute Gasteiger partial charge is 0.285 e. The van der Waals surface area contributed by atoms with Crippen LogP contribution < -0.4 is 10.9 Å². The van der Waals surface area contributed by atoms with Gasteiger partial charge in [-0.3, -0.25) is 9.59 Å². The van der Waals surface area contributed by atoms with Crippen LogP contribution >= 0.6 is 0 Å². The zero-order valence-corrected chi connectivity index (χ0v) is 10.3. The number of benzene rings is 2. The topological polar surface area (TPSA) is 34.1 Å². The van der Waals surface area contributed by atoms with Crippen LogP contribution in [0.25, 0.3) is 11.1 Å². The van der Waals surface area contributed by atoms with Crippen LogP contribution in [0.4, 0.5) is 0 Å². The van der Waals surface area contributed by atoms with Crippen LogP contribution in [0, 0.1) is 0 Å². The highest BCUT2D eigenvalue weighted by Gasteiger charge is 2.29. The highest BCUT2D eigenvalue weighted by atomic mass is 16.2. The SMILES string of the molecule is Bc1ccc2c(c1)C(=O)C(=O)c1cc(B)ccc1-2. The smallest absolute Gasteiger partial charge is 0.234 e. The molecule has 0 radical (unpaired) electrons. The van der Waals surface area contributed by atoms with E-state index < -0.39 is 11.6 Å². The summed E-state index contributed by atoms with van der Waals surface area (Å²) in [6.07, 6.45) is 0. The third-order valence-corrected chi connectivity index (χ3v) is 3.34. The Kier molecular flexibility index (Phi) is 2.27. The Balaban J connectivity index is 2.38. The monoisotopic (exact) mass is 232 g/mol. The van der Waals surface area contributed by atoms with Gasteiger partial charge in [-0.25, -0.2) is 0 Å². The highest BCUT2D eigenvalue weighted by Crippen LogP contribution is 2.31. The summed E-state index contributed by atoms with van der Waals surface area (Å²) >= 11 is 0.